The largest absolute Gasteiger partial charge is 0.497 e. The van der Waals surface area contributed by atoms with Crippen molar-refractivity contribution >= 4 is 40.2 Å². The fraction of sp³-hybridized carbons (Fsp3) is 0.214. The number of amides is 2. The molecule has 0 aliphatic heterocycles. The van der Waals surface area contributed by atoms with Crippen molar-refractivity contribution in [1.82, 2.24) is 9.88 Å². The SMILES string of the molecule is COc1ccc(OC)c(NC(=O)CSc2cn(CCNC(=O)c3ccc(C)cc3)c3ccccc23)c1. The molecule has 0 fully saturated rings. The predicted molar refractivity (Wildman–Crippen MR) is 144 cm³/mol. The zero-order valence-electron chi connectivity index (χ0n) is 20.5. The molecule has 0 unspecified atom stereocenters. The molecule has 0 saturated heterocycles. The molecule has 0 saturated carbocycles. The van der Waals surface area contributed by atoms with Crippen LogP contribution in [-0.2, 0) is 11.3 Å². The van der Waals surface area contributed by atoms with Crippen molar-refractivity contribution in [3.8, 4) is 11.5 Å². The van der Waals surface area contributed by atoms with Crippen LogP contribution in [0.5, 0.6) is 11.5 Å². The quantitative estimate of drug-likeness (QED) is 0.293. The van der Waals surface area contributed by atoms with E-state index < -0.39 is 0 Å². The molecule has 2 amide bonds. The Labute approximate surface area is 214 Å². The lowest BCUT2D eigenvalue weighted by atomic mass is 10.1. The zero-order valence-corrected chi connectivity index (χ0v) is 21.4. The van der Waals surface area contributed by atoms with Crippen LogP contribution in [0.2, 0.25) is 0 Å². The van der Waals surface area contributed by atoms with E-state index in [1.165, 1.54) is 11.8 Å². The highest BCUT2D eigenvalue weighted by atomic mass is 32.2. The molecular weight excluding hydrogens is 474 g/mol. The van der Waals surface area contributed by atoms with Gasteiger partial charge in [0.05, 0.1) is 25.7 Å². The van der Waals surface area contributed by atoms with Crippen molar-refractivity contribution in [1.29, 1.82) is 0 Å². The maximum Gasteiger partial charge on any atom is 0.251 e. The van der Waals surface area contributed by atoms with Crippen LogP contribution in [0.4, 0.5) is 5.69 Å². The summed E-state index contributed by atoms with van der Waals surface area (Å²) < 4.78 is 12.7. The Balaban J connectivity index is 1.39. The molecule has 4 rings (SSSR count). The van der Waals surface area contributed by atoms with E-state index in [0.717, 1.165) is 21.4 Å². The molecule has 0 aliphatic carbocycles. The highest BCUT2D eigenvalue weighted by molar-refractivity contribution is 8.00. The van der Waals surface area contributed by atoms with Gasteiger partial charge >= 0.3 is 0 Å². The Kier molecular flexibility index (Phi) is 8.17. The van der Waals surface area contributed by atoms with Crippen molar-refractivity contribution in [2.75, 3.05) is 31.8 Å². The molecule has 1 heterocycles. The average Bonchev–Trinajstić information content (AvgIpc) is 3.25. The van der Waals surface area contributed by atoms with Gasteiger partial charge in [-0.15, -0.1) is 11.8 Å². The minimum atomic E-state index is -0.145. The Hall–Kier alpha value is -3.91. The van der Waals surface area contributed by atoms with Crippen molar-refractivity contribution in [2.24, 2.45) is 0 Å². The van der Waals surface area contributed by atoms with Crippen LogP contribution in [0.25, 0.3) is 10.9 Å². The number of anilines is 1. The van der Waals surface area contributed by atoms with Crippen LogP contribution in [0, 0.1) is 6.92 Å². The topological polar surface area (TPSA) is 81.6 Å². The van der Waals surface area contributed by atoms with Crippen molar-refractivity contribution in [3.05, 3.63) is 84.1 Å². The second kappa shape index (κ2) is 11.7. The molecule has 7 nitrogen and oxygen atoms in total. The summed E-state index contributed by atoms with van der Waals surface area (Å²) >= 11 is 1.47. The zero-order chi connectivity index (χ0) is 25.5. The second-order valence-corrected chi connectivity index (χ2v) is 9.25. The van der Waals surface area contributed by atoms with Crippen LogP contribution < -0.4 is 20.1 Å². The highest BCUT2D eigenvalue weighted by Crippen LogP contribution is 2.32. The lowest BCUT2D eigenvalue weighted by Gasteiger charge is -2.11. The van der Waals surface area contributed by atoms with E-state index in [1.807, 2.05) is 61.7 Å². The smallest absolute Gasteiger partial charge is 0.251 e. The van der Waals surface area contributed by atoms with E-state index in [9.17, 15) is 9.59 Å². The predicted octanol–water partition coefficient (Wildman–Crippen LogP) is 5.13. The Morgan fingerprint density at radius 2 is 1.75 bits per heavy atom. The van der Waals surface area contributed by atoms with Gasteiger partial charge in [-0.3, -0.25) is 9.59 Å². The third kappa shape index (κ3) is 6.01. The van der Waals surface area contributed by atoms with Crippen molar-refractivity contribution < 1.29 is 19.1 Å². The van der Waals surface area contributed by atoms with Gasteiger partial charge in [-0.2, -0.15) is 0 Å². The fourth-order valence-corrected chi connectivity index (χ4v) is 4.74. The van der Waals surface area contributed by atoms with E-state index >= 15 is 0 Å². The fourth-order valence-electron chi connectivity index (χ4n) is 3.85. The normalized spacial score (nSPS) is 10.8. The third-order valence-corrected chi connectivity index (χ3v) is 6.79. The van der Waals surface area contributed by atoms with Gasteiger partial charge in [-0.1, -0.05) is 35.9 Å². The number of benzene rings is 3. The van der Waals surface area contributed by atoms with Gasteiger partial charge < -0.3 is 24.7 Å². The molecule has 0 bridgehead atoms. The molecular formula is C28H29N3O4S. The summed E-state index contributed by atoms with van der Waals surface area (Å²) in [5.41, 5.74) is 3.38. The van der Waals surface area contributed by atoms with E-state index in [-0.39, 0.29) is 17.6 Å². The number of rotatable bonds is 10. The molecule has 0 radical (unpaired) electrons. The van der Waals surface area contributed by atoms with Crippen LogP contribution in [-0.4, -0.2) is 42.9 Å². The summed E-state index contributed by atoms with van der Waals surface area (Å²) in [6, 6.07) is 20.8. The number of ether oxygens (including phenoxy) is 2. The molecule has 3 aromatic carbocycles. The molecule has 0 aliphatic rings. The number of para-hydroxylation sites is 1. The van der Waals surface area contributed by atoms with Crippen LogP contribution in [0.1, 0.15) is 15.9 Å². The maximum absolute atomic E-state index is 12.7. The van der Waals surface area contributed by atoms with Gasteiger partial charge in [0.2, 0.25) is 5.91 Å². The summed E-state index contributed by atoms with van der Waals surface area (Å²) in [5.74, 6) is 1.20. The Bertz CT molecular complexity index is 1370. The summed E-state index contributed by atoms with van der Waals surface area (Å²) in [6.45, 7) is 3.10. The average molecular weight is 504 g/mol. The molecule has 186 valence electrons. The number of aromatic nitrogens is 1. The van der Waals surface area contributed by atoms with Gasteiger partial charge in [0.1, 0.15) is 11.5 Å². The van der Waals surface area contributed by atoms with Crippen LogP contribution in [0.15, 0.2) is 77.8 Å². The summed E-state index contributed by atoms with van der Waals surface area (Å²) in [7, 11) is 3.14. The minimum Gasteiger partial charge on any atom is -0.497 e. The lowest BCUT2D eigenvalue weighted by Crippen LogP contribution is -2.27. The number of fused-ring (bicyclic) bond motifs is 1. The standard InChI is InChI=1S/C28H29N3O4S/c1-19-8-10-20(11-9-19)28(33)29-14-15-31-17-26(22-6-4-5-7-24(22)31)36-18-27(32)30-23-16-21(34-2)12-13-25(23)35-3/h4-13,16-17H,14-15,18H2,1-3H3,(H,29,33)(H,30,32). The number of carbonyl (C=O) groups is 2. The van der Waals surface area contributed by atoms with Gasteiger partial charge in [0.15, 0.2) is 0 Å². The number of methoxy groups -OCH3 is 2. The first-order chi connectivity index (χ1) is 17.5. The summed E-state index contributed by atoms with van der Waals surface area (Å²) in [6.07, 6.45) is 2.03. The number of nitrogens with one attached hydrogen (secondary N) is 2. The van der Waals surface area contributed by atoms with E-state index in [4.69, 9.17) is 9.47 Å². The first-order valence-electron chi connectivity index (χ1n) is 11.6. The second-order valence-electron chi connectivity index (χ2n) is 8.23. The minimum absolute atomic E-state index is 0.0919. The van der Waals surface area contributed by atoms with Crippen molar-refractivity contribution in [2.45, 2.75) is 18.4 Å². The first-order valence-corrected chi connectivity index (χ1v) is 12.5. The molecule has 0 atom stereocenters. The van der Waals surface area contributed by atoms with Gasteiger partial charge in [0.25, 0.3) is 5.91 Å². The van der Waals surface area contributed by atoms with Gasteiger partial charge in [-0.25, -0.2) is 0 Å². The van der Waals surface area contributed by atoms with E-state index in [0.29, 0.717) is 35.8 Å². The molecule has 2 N–H and O–H groups in total. The van der Waals surface area contributed by atoms with Gasteiger partial charge in [-0.05, 0) is 37.3 Å². The van der Waals surface area contributed by atoms with E-state index in [1.54, 1.807) is 32.4 Å². The summed E-state index contributed by atoms with van der Waals surface area (Å²) in [4.78, 5) is 26.2. The van der Waals surface area contributed by atoms with Gasteiger partial charge in [0, 0.05) is 46.7 Å². The Morgan fingerprint density at radius 3 is 2.50 bits per heavy atom. The number of carbonyl (C=O) groups excluding carboxylic acids is 2. The number of hydrogen-bond donors (Lipinski definition) is 2. The number of aryl methyl sites for hydroxylation is 1. The van der Waals surface area contributed by atoms with Crippen LogP contribution in [0.3, 0.4) is 0 Å². The molecule has 36 heavy (non-hydrogen) atoms. The number of nitrogens with zero attached hydrogens (tertiary/aromatic N) is 1. The first kappa shape index (κ1) is 25.2. The highest BCUT2D eigenvalue weighted by Gasteiger charge is 2.13. The molecule has 8 heteroatoms. The molecule has 0 spiro atoms. The van der Waals surface area contributed by atoms with E-state index in [2.05, 4.69) is 15.2 Å². The molecule has 4 aromatic rings. The van der Waals surface area contributed by atoms with Crippen molar-refractivity contribution in [3.63, 3.8) is 0 Å². The summed E-state index contributed by atoms with van der Waals surface area (Å²) in [5, 5.41) is 6.96. The number of hydrogen-bond acceptors (Lipinski definition) is 5. The maximum atomic E-state index is 12.7. The monoisotopic (exact) mass is 503 g/mol. The van der Waals surface area contributed by atoms with Crippen LogP contribution >= 0.6 is 11.8 Å². The molecule has 1 aromatic heterocycles. The lowest BCUT2D eigenvalue weighted by molar-refractivity contribution is -0.113. The number of thioether (sulfide) groups is 1. The Morgan fingerprint density at radius 1 is 0.972 bits per heavy atom. The third-order valence-electron chi connectivity index (χ3n) is 5.74.